The van der Waals surface area contributed by atoms with Crippen LogP contribution in [0.5, 0.6) is 0 Å². The molecule has 18 unspecified atom stereocenters. The van der Waals surface area contributed by atoms with Crippen LogP contribution in [0, 0.1) is 104 Å². The maximum Gasteiger partial charge on any atom is 0.339 e. The van der Waals surface area contributed by atoms with Crippen molar-refractivity contribution >= 4 is 11.9 Å². The molecular formula is C72H89N3O5. The quantitative estimate of drug-likeness (QED) is 0.175. The topological polar surface area (TPSA) is 105 Å². The van der Waals surface area contributed by atoms with Gasteiger partial charge in [-0.15, -0.1) is 5.92 Å². The minimum Gasteiger partial charge on any atom is -0.509 e. The molecule has 0 amide bonds. The molecule has 1 aromatic rings. The lowest BCUT2D eigenvalue weighted by Gasteiger charge is -2.74. The summed E-state index contributed by atoms with van der Waals surface area (Å²) in [4.78, 5) is 38.8. The lowest BCUT2D eigenvalue weighted by atomic mass is 9.26. The van der Waals surface area contributed by atoms with Gasteiger partial charge >= 0.3 is 11.9 Å². The van der Waals surface area contributed by atoms with Crippen molar-refractivity contribution in [2.75, 3.05) is 19.6 Å². The smallest absolute Gasteiger partial charge is 0.339 e. The van der Waals surface area contributed by atoms with Gasteiger partial charge < -0.3 is 25.2 Å². The summed E-state index contributed by atoms with van der Waals surface area (Å²) in [6, 6.07) is 7.48. The van der Waals surface area contributed by atoms with Gasteiger partial charge in [-0.2, -0.15) is 0 Å². The number of nitrogens with zero attached hydrogens (tertiary/aromatic N) is 2. The Bertz CT molecular complexity index is 3170. The minimum atomic E-state index is -1.15. The van der Waals surface area contributed by atoms with Gasteiger partial charge in [0.15, 0.2) is 11.4 Å². The summed E-state index contributed by atoms with van der Waals surface area (Å²) in [5.41, 5.74) is 14.8. The van der Waals surface area contributed by atoms with Crippen LogP contribution in [-0.2, 0) is 26.3 Å². The van der Waals surface area contributed by atoms with Gasteiger partial charge in [0, 0.05) is 79.0 Å². The Kier molecular flexibility index (Phi) is 9.79. The Morgan fingerprint density at radius 3 is 2.55 bits per heavy atom. The van der Waals surface area contributed by atoms with Gasteiger partial charge in [-0.3, -0.25) is 9.69 Å². The van der Waals surface area contributed by atoms with Crippen molar-refractivity contribution in [3.63, 3.8) is 0 Å². The van der Waals surface area contributed by atoms with Crippen LogP contribution >= 0.6 is 0 Å². The van der Waals surface area contributed by atoms with Crippen LogP contribution in [-0.4, -0.2) is 64.6 Å². The predicted molar refractivity (Wildman–Crippen MR) is 306 cm³/mol. The van der Waals surface area contributed by atoms with Gasteiger partial charge in [0.25, 0.3) is 0 Å². The number of carbonyl (C=O) groups excluding carboxylic acids is 2. The van der Waals surface area contributed by atoms with Crippen LogP contribution in [0.15, 0.2) is 63.8 Å². The summed E-state index contributed by atoms with van der Waals surface area (Å²) in [5.74, 6) is 12.4. The Labute approximate surface area is 476 Å². The fourth-order valence-electron chi connectivity index (χ4n) is 28.0. The molecule has 0 aromatic heterocycles. The molecule has 12 bridgehead atoms. The Balaban J connectivity index is 0.899. The Morgan fingerprint density at radius 2 is 1.68 bits per heavy atom. The Morgan fingerprint density at radius 1 is 0.812 bits per heavy atom. The second-order valence-electron chi connectivity index (χ2n) is 31.7. The standard InChI is InChI=1S/C72H89N3O5/c1-41-31-45-19-20-55-47-33-48-40-75(55)62(45)61-51-22-29-70-63(57(76)35-56-49-36-66(23-4-5-24-66)69(37-49)27-10-26-68(69)25-8-16-50(68)15-7-18-54(48)74(56)39-47)79-65(78)71(70)58(72(70)53-17-6-13-43(14-9-30-73)59(53)64(77)80-72)34-46(42-11-2-3-12-42)32-44-21-28-67(41,61)38-52(44)60(51)71/h6,13,17,32,41-42,46-50,52,54-56,58,61,76H,2-5,8-12,14,16,18-31,33-40,73H2,1H3. The molecule has 19 rings (SSSR count). The highest BCUT2D eigenvalue weighted by Crippen LogP contribution is 2.90. The zero-order chi connectivity index (χ0) is 53.1. The van der Waals surface area contributed by atoms with Crippen LogP contribution in [0.2, 0.25) is 0 Å². The number of aryl methyl sites for hydroxylation is 1. The van der Waals surface area contributed by atoms with E-state index in [0.29, 0.717) is 101 Å². The molecule has 80 heavy (non-hydrogen) atoms. The van der Waals surface area contributed by atoms with E-state index in [4.69, 9.17) is 15.2 Å². The van der Waals surface area contributed by atoms with E-state index in [1.807, 2.05) is 0 Å². The zero-order valence-electron chi connectivity index (χ0n) is 48.2. The largest absolute Gasteiger partial charge is 0.509 e. The highest BCUT2D eigenvalue weighted by molar-refractivity contribution is 6.00. The number of esters is 2. The highest BCUT2D eigenvalue weighted by atomic mass is 16.6. The van der Waals surface area contributed by atoms with Crippen molar-refractivity contribution in [3.8, 4) is 11.8 Å². The zero-order valence-corrected chi connectivity index (χ0v) is 48.2. The average Bonchev–Trinajstić information content (AvgIpc) is 1.31. The average molecular weight is 1080 g/mol. The molecule has 18 aliphatic rings. The summed E-state index contributed by atoms with van der Waals surface area (Å²) < 4.78 is 15.1. The summed E-state index contributed by atoms with van der Waals surface area (Å²) in [6.45, 7) is 5.39. The van der Waals surface area contributed by atoms with E-state index >= 15 is 9.59 Å². The van der Waals surface area contributed by atoms with Crippen molar-refractivity contribution in [1.29, 1.82) is 0 Å². The molecule has 3 saturated heterocycles. The second-order valence-corrected chi connectivity index (χ2v) is 31.7. The number of hydrogen-bond donors (Lipinski definition) is 2. The number of carbonyl (C=O) groups is 2. The van der Waals surface area contributed by atoms with E-state index < -0.39 is 16.4 Å². The highest BCUT2D eigenvalue weighted by Gasteiger charge is 2.94. The summed E-state index contributed by atoms with van der Waals surface area (Å²) in [5, 5.41) is 14.4. The second kappa shape index (κ2) is 16.1. The molecule has 18 atom stereocenters. The number of aliphatic hydroxyl groups is 1. The van der Waals surface area contributed by atoms with Crippen LogP contribution < -0.4 is 5.73 Å². The number of ether oxygens (including phenoxy) is 2. The van der Waals surface area contributed by atoms with Crippen molar-refractivity contribution in [1.82, 2.24) is 9.80 Å². The fourth-order valence-corrected chi connectivity index (χ4v) is 28.0. The van der Waals surface area contributed by atoms with Crippen molar-refractivity contribution in [2.24, 2.45) is 97.4 Å². The molecule has 3 N–H and O–H groups in total. The molecule has 8 heteroatoms. The van der Waals surface area contributed by atoms with Crippen molar-refractivity contribution < 1.29 is 24.2 Å². The minimum absolute atomic E-state index is 0.107. The van der Waals surface area contributed by atoms with Gasteiger partial charge in [-0.25, -0.2) is 4.79 Å². The monoisotopic (exact) mass is 1080 g/mol. The number of rotatable bonds is 4. The molecule has 0 radical (unpaired) electrons. The van der Waals surface area contributed by atoms with E-state index in [9.17, 15) is 5.11 Å². The van der Waals surface area contributed by atoms with Crippen LogP contribution in [0.4, 0.5) is 0 Å². The first-order valence-electron chi connectivity index (χ1n) is 33.9. The number of allylic oxidation sites excluding steroid dienone is 4. The summed E-state index contributed by atoms with van der Waals surface area (Å²) >= 11 is 0. The number of aliphatic hydroxyl groups excluding tert-OH is 1. The first-order valence-corrected chi connectivity index (χ1v) is 33.9. The lowest BCUT2D eigenvalue weighted by molar-refractivity contribution is -0.283. The van der Waals surface area contributed by atoms with Crippen LogP contribution in [0.1, 0.15) is 215 Å². The van der Waals surface area contributed by atoms with Gasteiger partial charge in [0.1, 0.15) is 11.2 Å². The number of hydrogen-bond acceptors (Lipinski definition) is 8. The first-order chi connectivity index (χ1) is 39.1. The van der Waals surface area contributed by atoms with Crippen LogP contribution in [0.3, 0.4) is 0 Å². The number of benzene rings is 1. The van der Waals surface area contributed by atoms with E-state index in [1.165, 1.54) is 140 Å². The molecular weight excluding hydrogens is 987 g/mol. The molecule has 7 saturated carbocycles. The van der Waals surface area contributed by atoms with E-state index in [0.717, 1.165) is 62.7 Å². The molecule has 11 aliphatic carbocycles. The normalized spacial score (nSPS) is 49.0. The maximum absolute atomic E-state index is 17.0. The van der Waals surface area contributed by atoms with Crippen molar-refractivity contribution in [3.05, 3.63) is 80.5 Å². The molecule has 8 nitrogen and oxygen atoms in total. The first kappa shape index (κ1) is 48.6. The fraction of sp³-hybridized carbons (Fsp3) is 0.750. The van der Waals surface area contributed by atoms with E-state index in [2.05, 4.69) is 52.8 Å². The third-order valence-electron chi connectivity index (χ3n) is 30.2. The molecule has 10 fully saturated rings. The molecule has 7 aliphatic heterocycles. The maximum atomic E-state index is 17.0. The van der Waals surface area contributed by atoms with Crippen molar-refractivity contribution in [2.45, 2.75) is 223 Å². The van der Waals surface area contributed by atoms with Gasteiger partial charge in [-0.1, -0.05) is 92.4 Å². The molecule has 7 heterocycles. The number of fused-ring (bicyclic) bond motifs is 8. The SMILES string of the molecule is CC1CC2=C3C4C5=C6C7CC14CCC7=CC(C1CCCC1)CC1C64C(=O)OC(=C(O)CC6C7CC8(CCCC8)C8(CCCC89CCCC9C#CCC8C9CC(CN86)C(CC2)N3C9)C7)C4(CC5)C12OC(=O)c1c(CCCN)cccc12. The summed E-state index contributed by atoms with van der Waals surface area (Å²) in [7, 11) is 0. The molecule has 422 valence electrons. The van der Waals surface area contributed by atoms with E-state index in [1.54, 1.807) is 22.4 Å². The molecule has 1 aromatic carbocycles. The lowest BCUT2D eigenvalue weighted by Crippen LogP contribution is -2.78. The van der Waals surface area contributed by atoms with E-state index in [-0.39, 0.29) is 52.5 Å². The number of nitrogens with two attached hydrogens (primary N) is 1. The van der Waals surface area contributed by atoms with Gasteiger partial charge in [0.05, 0.1) is 11.0 Å². The third-order valence-corrected chi connectivity index (χ3v) is 30.2. The van der Waals surface area contributed by atoms with Crippen LogP contribution in [0.25, 0.3) is 0 Å². The van der Waals surface area contributed by atoms with Gasteiger partial charge in [0.2, 0.25) is 0 Å². The number of piperidine rings is 2. The summed E-state index contributed by atoms with van der Waals surface area (Å²) in [6.07, 6.45) is 37.3. The molecule has 7 spiro atoms. The Hall–Kier alpha value is -3.80. The third kappa shape index (κ3) is 5.29. The van der Waals surface area contributed by atoms with Gasteiger partial charge in [-0.05, 0) is 216 Å². The predicted octanol–water partition coefficient (Wildman–Crippen LogP) is 13.7.